The van der Waals surface area contributed by atoms with E-state index in [9.17, 15) is 9.90 Å². The van der Waals surface area contributed by atoms with Crippen LogP contribution in [0.15, 0.2) is 41.5 Å². The van der Waals surface area contributed by atoms with E-state index in [1.807, 2.05) is 12.1 Å². The molecule has 3 aromatic rings. The Labute approximate surface area is 107 Å². The highest BCUT2D eigenvalue weighted by atomic mass is 79.9. The van der Waals surface area contributed by atoms with Gasteiger partial charge in [-0.25, -0.2) is 4.98 Å². The first-order valence-electron chi connectivity index (χ1n) is 4.84. The number of aromatic hydroxyl groups is 1. The predicted molar refractivity (Wildman–Crippen MR) is 71.9 cm³/mol. The molecule has 0 unspecified atom stereocenters. The van der Waals surface area contributed by atoms with Crippen LogP contribution in [0.3, 0.4) is 0 Å². The van der Waals surface area contributed by atoms with E-state index in [2.05, 4.69) is 9.97 Å². The summed E-state index contributed by atoms with van der Waals surface area (Å²) in [6, 6.07) is 6.86. The van der Waals surface area contributed by atoms with Gasteiger partial charge in [0.15, 0.2) is 5.43 Å². The summed E-state index contributed by atoms with van der Waals surface area (Å²) in [6.45, 7) is 0. The van der Waals surface area contributed by atoms with Crippen molar-refractivity contribution in [2.45, 2.75) is 0 Å². The van der Waals surface area contributed by atoms with E-state index in [4.69, 9.17) is 0 Å². The molecule has 3 rings (SSSR count). The molecule has 17 heavy (non-hydrogen) atoms. The molecule has 0 aliphatic heterocycles. The van der Waals surface area contributed by atoms with Gasteiger partial charge in [-0.2, -0.15) is 0 Å². The molecule has 86 valence electrons. The number of nitrogens with one attached hydrogen (secondary N) is 1. The highest BCUT2D eigenvalue weighted by Gasteiger charge is 2.03. The van der Waals surface area contributed by atoms with Crippen molar-refractivity contribution in [3.63, 3.8) is 0 Å². The van der Waals surface area contributed by atoms with Crippen molar-refractivity contribution in [1.29, 1.82) is 0 Å². The molecule has 2 heterocycles. The molecule has 2 aromatic heterocycles. The zero-order valence-electron chi connectivity index (χ0n) is 8.68. The monoisotopic (exact) mass is 292 g/mol. The summed E-state index contributed by atoms with van der Waals surface area (Å²) in [6.07, 6.45) is 2.79. The molecule has 0 spiro atoms. The van der Waals surface area contributed by atoms with E-state index in [0.29, 0.717) is 0 Å². The third-order valence-corrected chi connectivity index (χ3v) is 2.53. The summed E-state index contributed by atoms with van der Waals surface area (Å²) in [5.74, 6) is 0.173. The molecule has 0 bridgehead atoms. The van der Waals surface area contributed by atoms with E-state index >= 15 is 0 Å². The number of aromatic nitrogens is 2. The Morgan fingerprint density at radius 3 is 2.76 bits per heavy atom. The summed E-state index contributed by atoms with van der Waals surface area (Å²) < 4.78 is 0. The van der Waals surface area contributed by atoms with Crippen molar-refractivity contribution in [2.75, 3.05) is 0 Å². The van der Waals surface area contributed by atoms with E-state index in [1.165, 1.54) is 12.4 Å². The topological polar surface area (TPSA) is 66.0 Å². The van der Waals surface area contributed by atoms with Crippen LogP contribution in [0, 0.1) is 0 Å². The van der Waals surface area contributed by atoms with E-state index in [-0.39, 0.29) is 28.2 Å². The lowest BCUT2D eigenvalue weighted by Gasteiger charge is -2.02. The van der Waals surface area contributed by atoms with Crippen LogP contribution in [0.2, 0.25) is 0 Å². The molecule has 5 heteroatoms. The predicted octanol–water partition coefficient (Wildman–Crippen LogP) is 2.36. The van der Waals surface area contributed by atoms with Crippen molar-refractivity contribution in [1.82, 2.24) is 9.97 Å². The summed E-state index contributed by atoms with van der Waals surface area (Å²) in [7, 11) is 0. The smallest absolute Gasteiger partial charge is 0.197 e. The lowest BCUT2D eigenvalue weighted by Crippen LogP contribution is -1.98. The maximum atomic E-state index is 11.2. The summed E-state index contributed by atoms with van der Waals surface area (Å²) in [4.78, 5) is 18.2. The molecule has 0 saturated carbocycles. The van der Waals surface area contributed by atoms with Crippen molar-refractivity contribution in [2.24, 2.45) is 0 Å². The first-order chi connectivity index (χ1) is 7.74. The van der Waals surface area contributed by atoms with Crippen molar-refractivity contribution in [3.8, 4) is 5.75 Å². The second-order valence-corrected chi connectivity index (χ2v) is 3.63. The van der Waals surface area contributed by atoms with Crippen LogP contribution in [0.4, 0.5) is 0 Å². The van der Waals surface area contributed by atoms with Crippen LogP contribution in [0.1, 0.15) is 0 Å². The fraction of sp³-hybridized carbons (Fsp3) is 0. The zero-order chi connectivity index (χ0) is 11.1. The molecule has 0 amide bonds. The van der Waals surface area contributed by atoms with Crippen molar-refractivity contribution < 1.29 is 5.11 Å². The fourth-order valence-electron chi connectivity index (χ4n) is 1.82. The number of aromatic amines is 1. The van der Waals surface area contributed by atoms with Gasteiger partial charge in [0.25, 0.3) is 0 Å². The van der Waals surface area contributed by atoms with E-state index in [1.54, 1.807) is 12.1 Å². The molecule has 2 N–H and O–H groups in total. The average Bonchev–Trinajstić information content (AvgIpc) is 2.28. The Balaban J connectivity index is 0.00000108. The lowest BCUT2D eigenvalue weighted by molar-refractivity contribution is 0.474. The van der Waals surface area contributed by atoms with Gasteiger partial charge in [-0.1, -0.05) is 12.1 Å². The van der Waals surface area contributed by atoms with Gasteiger partial charge >= 0.3 is 0 Å². The van der Waals surface area contributed by atoms with E-state index in [0.717, 1.165) is 21.8 Å². The second-order valence-electron chi connectivity index (χ2n) is 3.63. The second kappa shape index (κ2) is 4.18. The highest BCUT2D eigenvalue weighted by molar-refractivity contribution is 8.93. The average molecular weight is 293 g/mol. The summed E-state index contributed by atoms with van der Waals surface area (Å²) in [5, 5.41) is 11.0. The third kappa shape index (κ3) is 1.89. The number of pyridine rings is 2. The van der Waals surface area contributed by atoms with Gasteiger partial charge in [-0.15, -0.1) is 17.0 Å². The van der Waals surface area contributed by atoms with Crippen LogP contribution in [0.5, 0.6) is 5.75 Å². The van der Waals surface area contributed by atoms with Crippen LogP contribution >= 0.6 is 17.0 Å². The normalized spacial score (nSPS) is 10.4. The Hall–Kier alpha value is -1.88. The van der Waals surface area contributed by atoms with Crippen LogP contribution in [0.25, 0.3) is 21.8 Å². The summed E-state index contributed by atoms with van der Waals surface area (Å²) >= 11 is 0. The van der Waals surface area contributed by atoms with Crippen LogP contribution < -0.4 is 5.43 Å². The largest absolute Gasteiger partial charge is 0.506 e. The highest BCUT2D eigenvalue weighted by Crippen LogP contribution is 2.23. The standard InChI is InChI=1S/C12H8N2O2.BrH/c15-9-3-7-1-2-8-4-10(16)6-14-12(8)11(7)13-5-9;/h1-6,13,15H;1H. The maximum Gasteiger partial charge on any atom is 0.197 e. The first-order valence-corrected chi connectivity index (χ1v) is 4.84. The number of hydrogen-bond donors (Lipinski definition) is 2. The molecule has 1 aromatic carbocycles. The van der Waals surface area contributed by atoms with Gasteiger partial charge in [0.05, 0.1) is 17.2 Å². The first kappa shape index (κ1) is 11.6. The lowest BCUT2D eigenvalue weighted by atomic mass is 10.1. The van der Waals surface area contributed by atoms with Crippen molar-refractivity contribution >= 4 is 38.8 Å². The number of nitrogens with zero attached hydrogens (tertiary/aromatic N) is 1. The van der Waals surface area contributed by atoms with Gasteiger partial charge in [-0.3, -0.25) is 4.79 Å². The Bertz CT molecular complexity index is 752. The molecule has 0 fully saturated rings. The van der Waals surface area contributed by atoms with Gasteiger partial charge in [-0.05, 0) is 12.1 Å². The molecule has 0 aliphatic rings. The number of H-pyrrole nitrogens is 1. The minimum absolute atomic E-state index is 0. The molecule has 0 aliphatic carbocycles. The number of rotatable bonds is 0. The number of benzene rings is 1. The summed E-state index contributed by atoms with van der Waals surface area (Å²) in [5.41, 5.74) is 1.44. The quantitative estimate of drug-likeness (QED) is 0.625. The maximum absolute atomic E-state index is 11.2. The number of hydrogen-bond acceptors (Lipinski definition) is 3. The number of halogens is 1. The minimum atomic E-state index is -0.106. The molecule has 4 nitrogen and oxygen atoms in total. The minimum Gasteiger partial charge on any atom is -0.506 e. The van der Waals surface area contributed by atoms with Crippen LogP contribution in [-0.4, -0.2) is 15.1 Å². The van der Waals surface area contributed by atoms with Gasteiger partial charge in [0, 0.05) is 17.0 Å². The molecular formula is C12H9BrN2O2. The molecule has 0 saturated heterocycles. The fourth-order valence-corrected chi connectivity index (χ4v) is 1.82. The zero-order valence-corrected chi connectivity index (χ0v) is 10.4. The Morgan fingerprint density at radius 2 is 1.94 bits per heavy atom. The number of fused-ring (bicyclic) bond motifs is 3. The van der Waals surface area contributed by atoms with Gasteiger partial charge < -0.3 is 10.1 Å². The Morgan fingerprint density at radius 1 is 1.18 bits per heavy atom. The van der Waals surface area contributed by atoms with Gasteiger partial charge in [0.2, 0.25) is 0 Å². The SMILES string of the molecule is Br.O=c1cnc2c(ccc3cc(O)c[nH]c32)c1. The molecule has 0 atom stereocenters. The van der Waals surface area contributed by atoms with E-state index < -0.39 is 0 Å². The van der Waals surface area contributed by atoms with Crippen molar-refractivity contribution in [3.05, 3.63) is 46.9 Å². The van der Waals surface area contributed by atoms with Gasteiger partial charge in [0.1, 0.15) is 5.75 Å². The molecule has 0 radical (unpaired) electrons. The Kier molecular flexibility index (Phi) is 2.85. The van der Waals surface area contributed by atoms with Crippen LogP contribution in [-0.2, 0) is 0 Å². The molecular weight excluding hydrogens is 284 g/mol. The third-order valence-electron chi connectivity index (χ3n) is 2.53.